The molecule has 1 aromatic rings. The molecule has 0 radical (unpaired) electrons. The topological polar surface area (TPSA) is 57.3 Å². The zero-order valence-electron chi connectivity index (χ0n) is 11.0. The number of carbonyl (C=O) groups excluding carboxylic acids is 1. The highest BCUT2D eigenvalue weighted by atomic mass is 16.8. The van der Waals surface area contributed by atoms with Gasteiger partial charge in [-0.1, -0.05) is 18.2 Å². The first-order chi connectivity index (χ1) is 9.24. The summed E-state index contributed by atoms with van der Waals surface area (Å²) in [6, 6.07) is 9.58. The van der Waals surface area contributed by atoms with Crippen LogP contribution in [0.3, 0.4) is 0 Å². The van der Waals surface area contributed by atoms with Crippen LogP contribution in [0.2, 0.25) is 0 Å². The van der Waals surface area contributed by atoms with Crippen LogP contribution in [0.4, 0.5) is 4.79 Å². The molecule has 0 spiro atoms. The lowest BCUT2D eigenvalue weighted by Gasteiger charge is -2.13. The molecule has 0 bridgehead atoms. The van der Waals surface area contributed by atoms with Crippen LogP contribution in [0.5, 0.6) is 5.75 Å². The van der Waals surface area contributed by atoms with Crippen LogP contribution in [0.15, 0.2) is 30.3 Å². The summed E-state index contributed by atoms with van der Waals surface area (Å²) in [5.41, 5.74) is 0. The van der Waals surface area contributed by atoms with Crippen molar-refractivity contribution in [3.63, 3.8) is 0 Å². The molecule has 1 saturated heterocycles. The van der Waals surface area contributed by atoms with Crippen molar-refractivity contribution in [2.45, 2.75) is 25.6 Å². The molecule has 1 aliphatic heterocycles. The van der Waals surface area contributed by atoms with Gasteiger partial charge < -0.3 is 18.9 Å². The number of benzene rings is 1. The summed E-state index contributed by atoms with van der Waals surface area (Å²) in [5.74, 6) is 0.0475. The number of hydrogen-bond donors (Lipinski definition) is 0. The number of ether oxygens (including phenoxy) is 4. The van der Waals surface area contributed by atoms with Crippen molar-refractivity contribution in [2.75, 3.05) is 19.8 Å². The molecule has 1 fully saturated rings. The van der Waals surface area contributed by atoms with Gasteiger partial charge in [0.05, 0.1) is 13.2 Å². The molecule has 0 amide bonds. The van der Waals surface area contributed by atoms with Crippen LogP contribution in [0.25, 0.3) is 0 Å². The molecule has 0 saturated carbocycles. The zero-order valence-corrected chi connectivity index (χ0v) is 11.0. The van der Waals surface area contributed by atoms with E-state index < -0.39 is 11.9 Å². The van der Waals surface area contributed by atoms with Crippen molar-refractivity contribution in [3.05, 3.63) is 30.3 Å². The maximum Gasteiger partial charge on any atom is 0.510 e. The van der Waals surface area contributed by atoms with Gasteiger partial charge >= 0.3 is 6.16 Å². The van der Waals surface area contributed by atoms with Crippen molar-refractivity contribution in [1.82, 2.24) is 0 Å². The van der Waals surface area contributed by atoms with Gasteiger partial charge in [0.15, 0.2) is 0 Å². The predicted octanol–water partition coefficient (Wildman–Crippen LogP) is 2.75. The van der Waals surface area contributed by atoms with Gasteiger partial charge in [-0.15, -0.1) is 0 Å². The highest BCUT2D eigenvalue weighted by Crippen LogP contribution is 2.34. The summed E-state index contributed by atoms with van der Waals surface area (Å²) in [7, 11) is 0. The molecule has 1 aliphatic rings. The first kappa shape index (κ1) is 13.7. The average molecular weight is 266 g/mol. The first-order valence-corrected chi connectivity index (χ1v) is 6.42. The van der Waals surface area contributed by atoms with Crippen molar-refractivity contribution in [2.24, 2.45) is 0 Å². The molecular weight excluding hydrogens is 248 g/mol. The second kappa shape index (κ2) is 6.43. The van der Waals surface area contributed by atoms with Gasteiger partial charge in [-0.3, -0.25) is 0 Å². The van der Waals surface area contributed by atoms with Gasteiger partial charge in [-0.25, -0.2) is 4.79 Å². The largest absolute Gasteiger partial charge is 0.510 e. The minimum atomic E-state index is -0.785. The van der Waals surface area contributed by atoms with E-state index in [1.54, 1.807) is 6.92 Å². The van der Waals surface area contributed by atoms with E-state index >= 15 is 0 Å². The third kappa shape index (κ3) is 4.44. The summed E-state index contributed by atoms with van der Waals surface area (Å²) in [6.45, 7) is 3.01. The van der Waals surface area contributed by atoms with Gasteiger partial charge in [0.25, 0.3) is 0 Å². The fourth-order valence-corrected chi connectivity index (χ4v) is 1.68. The van der Waals surface area contributed by atoms with Crippen LogP contribution in [0.1, 0.15) is 19.8 Å². The third-order valence-electron chi connectivity index (χ3n) is 2.71. The molecule has 104 valence electrons. The molecule has 19 heavy (non-hydrogen) atoms. The Bertz CT molecular complexity index is 400. The Morgan fingerprint density at radius 1 is 1.37 bits per heavy atom. The predicted molar refractivity (Wildman–Crippen MR) is 68.0 cm³/mol. The SMILES string of the molecule is CCOC(=O)OC1(CCCOc2ccccc2)CO1. The van der Waals surface area contributed by atoms with Gasteiger partial charge in [-0.05, 0) is 25.5 Å². The summed E-state index contributed by atoms with van der Waals surface area (Å²) in [4.78, 5) is 11.2. The van der Waals surface area contributed by atoms with Gasteiger partial charge in [-0.2, -0.15) is 0 Å². The monoisotopic (exact) mass is 266 g/mol. The number of hydrogen-bond acceptors (Lipinski definition) is 5. The lowest BCUT2D eigenvalue weighted by Crippen LogP contribution is -2.22. The van der Waals surface area contributed by atoms with E-state index in [0.29, 0.717) is 26.2 Å². The molecule has 1 atom stereocenters. The molecule has 0 aromatic heterocycles. The van der Waals surface area contributed by atoms with E-state index in [1.165, 1.54) is 0 Å². The van der Waals surface area contributed by atoms with E-state index in [0.717, 1.165) is 12.2 Å². The number of rotatable bonds is 7. The molecule has 0 N–H and O–H groups in total. The summed E-state index contributed by atoms with van der Waals surface area (Å²) in [5, 5.41) is 0. The minimum Gasteiger partial charge on any atom is -0.494 e. The lowest BCUT2D eigenvalue weighted by atomic mass is 10.2. The Kier molecular flexibility index (Phi) is 4.63. The number of epoxide rings is 1. The Morgan fingerprint density at radius 3 is 2.74 bits per heavy atom. The van der Waals surface area contributed by atoms with Crippen LogP contribution in [-0.2, 0) is 14.2 Å². The second-order valence-electron chi connectivity index (χ2n) is 4.25. The average Bonchev–Trinajstić information content (AvgIpc) is 3.16. The first-order valence-electron chi connectivity index (χ1n) is 6.42. The van der Waals surface area contributed by atoms with Crippen molar-refractivity contribution in [3.8, 4) is 5.75 Å². The summed E-state index contributed by atoms with van der Waals surface area (Å²) >= 11 is 0. The molecule has 1 heterocycles. The van der Waals surface area contributed by atoms with Gasteiger partial charge in [0, 0.05) is 6.42 Å². The Hall–Kier alpha value is -1.75. The molecule has 1 unspecified atom stereocenters. The fraction of sp³-hybridized carbons (Fsp3) is 0.500. The summed E-state index contributed by atoms with van der Waals surface area (Å²) < 4.78 is 20.6. The Labute approximate surface area is 112 Å². The maximum absolute atomic E-state index is 11.2. The molecule has 5 heteroatoms. The van der Waals surface area contributed by atoms with Crippen LogP contribution in [-0.4, -0.2) is 31.8 Å². The maximum atomic E-state index is 11.2. The minimum absolute atomic E-state index is 0.298. The van der Waals surface area contributed by atoms with Gasteiger partial charge in [0.2, 0.25) is 5.79 Å². The number of para-hydroxylation sites is 1. The Morgan fingerprint density at radius 2 is 2.11 bits per heavy atom. The van der Waals surface area contributed by atoms with Gasteiger partial charge in [0.1, 0.15) is 12.4 Å². The highest BCUT2D eigenvalue weighted by Gasteiger charge is 2.49. The quantitative estimate of drug-likeness (QED) is 0.431. The normalized spacial score (nSPS) is 20.7. The fourth-order valence-electron chi connectivity index (χ4n) is 1.68. The van der Waals surface area contributed by atoms with Crippen molar-refractivity contribution in [1.29, 1.82) is 0 Å². The van der Waals surface area contributed by atoms with E-state index in [2.05, 4.69) is 0 Å². The van der Waals surface area contributed by atoms with E-state index in [-0.39, 0.29) is 0 Å². The van der Waals surface area contributed by atoms with Crippen LogP contribution < -0.4 is 4.74 Å². The van der Waals surface area contributed by atoms with Crippen molar-refractivity contribution >= 4 is 6.16 Å². The molecule has 5 nitrogen and oxygen atoms in total. The van der Waals surface area contributed by atoms with E-state index in [4.69, 9.17) is 18.9 Å². The molecular formula is C14H18O5. The van der Waals surface area contributed by atoms with Crippen LogP contribution in [0, 0.1) is 0 Å². The van der Waals surface area contributed by atoms with Crippen LogP contribution >= 0.6 is 0 Å². The van der Waals surface area contributed by atoms with E-state index in [1.807, 2.05) is 30.3 Å². The smallest absolute Gasteiger partial charge is 0.494 e. The van der Waals surface area contributed by atoms with Crippen molar-refractivity contribution < 1.29 is 23.7 Å². The molecule has 2 rings (SSSR count). The lowest BCUT2D eigenvalue weighted by molar-refractivity contribution is -0.0391. The molecule has 0 aliphatic carbocycles. The Balaban J connectivity index is 1.64. The van der Waals surface area contributed by atoms with E-state index in [9.17, 15) is 4.79 Å². The third-order valence-corrected chi connectivity index (χ3v) is 2.71. The molecule has 1 aromatic carbocycles. The summed E-state index contributed by atoms with van der Waals surface area (Å²) in [6.07, 6.45) is 0.677. The highest BCUT2D eigenvalue weighted by molar-refractivity contribution is 5.60. The zero-order chi connectivity index (χ0) is 13.6. The second-order valence-corrected chi connectivity index (χ2v) is 4.25. The standard InChI is InChI=1S/C14H18O5/c1-2-16-13(15)19-14(11-18-14)9-6-10-17-12-7-4-3-5-8-12/h3-5,7-8H,2,6,9-11H2,1H3. The number of carbonyl (C=O) groups is 1.